The predicted octanol–water partition coefficient (Wildman–Crippen LogP) is 2.55. The molecule has 3 aliphatic heterocycles. The topological polar surface area (TPSA) is 58.4 Å². The van der Waals surface area contributed by atoms with Gasteiger partial charge in [0.2, 0.25) is 5.89 Å². The summed E-state index contributed by atoms with van der Waals surface area (Å²) < 4.78 is 5.47. The van der Waals surface area contributed by atoms with Crippen LogP contribution in [0.5, 0.6) is 0 Å². The largest absolute Gasteiger partial charge is 0.444 e. The average molecular weight is 311 g/mol. The second-order valence-corrected chi connectivity index (χ2v) is 6.52. The lowest BCUT2D eigenvalue weighted by molar-refractivity contribution is 0.0216. The number of benzene rings is 1. The Morgan fingerprint density at radius 1 is 1.26 bits per heavy atom. The highest BCUT2D eigenvalue weighted by atomic mass is 16.3. The molecule has 0 unspecified atom stereocenters. The zero-order chi connectivity index (χ0) is 15.8. The van der Waals surface area contributed by atoms with Crippen molar-refractivity contribution in [3.05, 3.63) is 42.3 Å². The number of piperidine rings is 3. The van der Waals surface area contributed by atoms with E-state index in [4.69, 9.17) is 4.42 Å². The Bertz CT molecular complexity index is 687. The molecule has 3 aliphatic rings. The van der Waals surface area contributed by atoms with Crippen LogP contribution in [-0.4, -0.2) is 41.0 Å². The zero-order valence-corrected chi connectivity index (χ0v) is 13.2. The normalized spacial score (nSPS) is 29.4. The lowest BCUT2D eigenvalue weighted by Crippen LogP contribution is -2.62. The van der Waals surface area contributed by atoms with Gasteiger partial charge in [0.1, 0.15) is 6.26 Å². The fraction of sp³-hybridized carbons (Fsp3) is 0.444. The summed E-state index contributed by atoms with van der Waals surface area (Å²) in [5.41, 5.74) is 1.23. The molecule has 5 rings (SSSR count). The Kier molecular flexibility index (Phi) is 3.65. The molecular formula is C18H21N3O2. The van der Waals surface area contributed by atoms with Gasteiger partial charge in [-0.05, 0) is 50.9 Å². The minimum absolute atomic E-state index is 0.137. The first-order valence-electron chi connectivity index (χ1n) is 8.28. The summed E-state index contributed by atoms with van der Waals surface area (Å²) in [7, 11) is 0. The maximum atomic E-state index is 12.5. The molecule has 1 aromatic carbocycles. The summed E-state index contributed by atoms with van der Waals surface area (Å²) in [5.74, 6) is 0.929. The van der Waals surface area contributed by atoms with Gasteiger partial charge in [-0.3, -0.25) is 9.69 Å². The highest BCUT2D eigenvalue weighted by Gasteiger charge is 2.40. The van der Waals surface area contributed by atoms with E-state index in [1.165, 1.54) is 19.1 Å². The van der Waals surface area contributed by atoms with Crippen LogP contribution in [0.3, 0.4) is 0 Å². The fourth-order valence-corrected chi connectivity index (χ4v) is 3.86. The van der Waals surface area contributed by atoms with Crippen molar-refractivity contribution in [1.29, 1.82) is 0 Å². The van der Waals surface area contributed by atoms with Gasteiger partial charge in [-0.1, -0.05) is 18.2 Å². The summed E-state index contributed by atoms with van der Waals surface area (Å²) in [6.45, 7) is 4.51. The molecule has 2 aromatic rings. The van der Waals surface area contributed by atoms with Gasteiger partial charge < -0.3 is 9.73 Å². The van der Waals surface area contributed by atoms with Crippen molar-refractivity contribution in [3.63, 3.8) is 0 Å². The smallest absolute Gasteiger partial charge is 0.273 e. The molecule has 4 heterocycles. The van der Waals surface area contributed by atoms with E-state index in [0.717, 1.165) is 18.7 Å². The number of amides is 1. The van der Waals surface area contributed by atoms with Crippen molar-refractivity contribution in [3.8, 4) is 11.5 Å². The molecule has 1 N–H and O–H groups in total. The van der Waals surface area contributed by atoms with Crippen LogP contribution >= 0.6 is 0 Å². The molecule has 5 heteroatoms. The van der Waals surface area contributed by atoms with E-state index in [0.29, 0.717) is 23.5 Å². The van der Waals surface area contributed by atoms with E-state index in [1.54, 1.807) is 0 Å². The summed E-state index contributed by atoms with van der Waals surface area (Å²) in [4.78, 5) is 19.3. The Morgan fingerprint density at radius 2 is 2.00 bits per heavy atom. The zero-order valence-electron chi connectivity index (χ0n) is 13.2. The lowest BCUT2D eigenvalue weighted by Gasteiger charge is -2.49. The Hall–Kier alpha value is -2.14. The summed E-state index contributed by atoms with van der Waals surface area (Å²) in [5, 5.41) is 3.18. The fourth-order valence-electron chi connectivity index (χ4n) is 3.86. The third-order valence-electron chi connectivity index (χ3n) is 5.23. The quantitative estimate of drug-likeness (QED) is 0.946. The van der Waals surface area contributed by atoms with E-state index in [1.807, 2.05) is 30.3 Å². The van der Waals surface area contributed by atoms with Crippen LogP contribution < -0.4 is 5.32 Å². The highest BCUT2D eigenvalue weighted by molar-refractivity contribution is 5.92. The number of carbonyl (C=O) groups excluding carboxylic acids is 1. The molecule has 2 atom stereocenters. The molecule has 1 aromatic heterocycles. The van der Waals surface area contributed by atoms with Gasteiger partial charge in [0.15, 0.2) is 5.69 Å². The molecule has 0 radical (unpaired) electrons. The molecule has 1 amide bonds. The van der Waals surface area contributed by atoms with Gasteiger partial charge in [0, 0.05) is 17.6 Å². The predicted molar refractivity (Wildman–Crippen MR) is 87.0 cm³/mol. The summed E-state index contributed by atoms with van der Waals surface area (Å²) in [6.07, 6.45) is 3.79. The number of nitrogens with zero attached hydrogens (tertiary/aromatic N) is 2. The van der Waals surface area contributed by atoms with E-state index >= 15 is 0 Å². The number of nitrogens with one attached hydrogen (secondary N) is 1. The van der Waals surface area contributed by atoms with Crippen molar-refractivity contribution >= 4 is 5.91 Å². The molecule has 2 bridgehead atoms. The van der Waals surface area contributed by atoms with Crippen LogP contribution in [0.1, 0.15) is 30.3 Å². The highest BCUT2D eigenvalue weighted by Crippen LogP contribution is 2.32. The van der Waals surface area contributed by atoms with Crippen LogP contribution in [0.2, 0.25) is 0 Å². The van der Waals surface area contributed by atoms with Crippen LogP contribution in [0.4, 0.5) is 0 Å². The molecule has 0 aliphatic carbocycles. The van der Waals surface area contributed by atoms with E-state index in [-0.39, 0.29) is 11.9 Å². The summed E-state index contributed by atoms with van der Waals surface area (Å²) in [6, 6.07) is 10.2. The third-order valence-corrected chi connectivity index (χ3v) is 5.23. The van der Waals surface area contributed by atoms with Gasteiger partial charge in [-0.2, -0.15) is 0 Å². The van der Waals surface area contributed by atoms with Crippen molar-refractivity contribution in [2.75, 3.05) is 13.1 Å². The van der Waals surface area contributed by atoms with Crippen molar-refractivity contribution in [1.82, 2.24) is 15.2 Å². The lowest BCUT2D eigenvalue weighted by atomic mass is 9.79. The SMILES string of the molecule is C[C@H]1[C@H](NC(=O)c2coc(-c3ccccc3)n2)C2CCN1CC2. The van der Waals surface area contributed by atoms with E-state index in [9.17, 15) is 4.79 Å². The maximum Gasteiger partial charge on any atom is 0.273 e. The van der Waals surface area contributed by atoms with Crippen LogP contribution in [-0.2, 0) is 0 Å². The first kappa shape index (κ1) is 14.5. The second kappa shape index (κ2) is 5.81. The minimum atomic E-state index is -0.137. The van der Waals surface area contributed by atoms with Crippen molar-refractivity contribution < 1.29 is 9.21 Å². The molecule has 3 saturated heterocycles. The molecule has 3 fully saturated rings. The third kappa shape index (κ3) is 2.65. The molecule has 120 valence electrons. The first-order valence-corrected chi connectivity index (χ1v) is 8.28. The van der Waals surface area contributed by atoms with Gasteiger partial charge in [0.25, 0.3) is 5.91 Å². The number of fused-ring (bicyclic) bond motifs is 3. The first-order chi connectivity index (χ1) is 11.2. The van der Waals surface area contributed by atoms with Crippen LogP contribution in [0.15, 0.2) is 41.0 Å². The number of aromatic nitrogens is 1. The van der Waals surface area contributed by atoms with E-state index in [2.05, 4.69) is 22.1 Å². The van der Waals surface area contributed by atoms with Gasteiger partial charge in [0.05, 0.1) is 0 Å². The van der Waals surface area contributed by atoms with Crippen LogP contribution in [0, 0.1) is 5.92 Å². The Balaban J connectivity index is 1.49. The standard InChI is InChI=1S/C18H21N3O2/c1-12-16(13-7-9-21(12)10-8-13)20-17(22)15-11-23-18(19-15)14-5-3-2-4-6-14/h2-6,11-13,16H,7-10H2,1H3,(H,20,22)/t12-,16-/m0/s1. The number of hydrogen-bond donors (Lipinski definition) is 1. The van der Waals surface area contributed by atoms with Crippen molar-refractivity contribution in [2.24, 2.45) is 5.92 Å². The molecule has 5 nitrogen and oxygen atoms in total. The molecule has 0 saturated carbocycles. The monoisotopic (exact) mass is 311 g/mol. The molecule has 0 spiro atoms. The van der Waals surface area contributed by atoms with Gasteiger partial charge in [-0.15, -0.1) is 0 Å². The minimum Gasteiger partial charge on any atom is -0.444 e. The Morgan fingerprint density at radius 3 is 2.70 bits per heavy atom. The second-order valence-electron chi connectivity index (χ2n) is 6.52. The van der Waals surface area contributed by atoms with Gasteiger partial charge >= 0.3 is 0 Å². The van der Waals surface area contributed by atoms with Gasteiger partial charge in [-0.25, -0.2) is 4.98 Å². The molecular weight excluding hydrogens is 290 g/mol. The summed E-state index contributed by atoms with van der Waals surface area (Å²) >= 11 is 0. The number of hydrogen-bond acceptors (Lipinski definition) is 4. The van der Waals surface area contributed by atoms with E-state index < -0.39 is 0 Å². The number of carbonyl (C=O) groups is 1. The Labute approximate surface area is 135 Å². The number of oxazole rings is 1. The number of rotatable bonds is 3. The van der Waals surface area contributed by atoms with Crippen LogP contribution in [0.25, 0.3) is 11.5 Å². The molecule has 23 heavy (non-hydrogen) atoms. The van der Waals surface area contributed by atoms with Crippen molar-refractivity contribution in [2.45, 2.75) is 31.8 Å². The average Bonchev–Trinajstić information content (AvgIpc) is 3.09. The maximum absolute atomic E-state index is 12.5.